The molecule has 0 saturated heterocycles. The van der Waals surface area contributed by atoms with E-state index in [0.29, 0.717) is 11.5 Å². The number of hydrogen-bond donors (Lipinski definition) is 2. The molecule has 0 heterocycles. The van der Waals surface area contributed by atoms with Gasteiger partial charge in [0.15, 0.2) is 5.84 Å². The number of nitrogens with one attached hydrogen (secondary N) is 2. The number of aliphatic imine (C=N–C) groups is 2. The summed E-state index contributed by atoms with van der Waals surface area (Å²) in [6.07, 6.45) is 9.33. The third kappa shape index (κ3) is 7.30. The van der Waals surface area contributed by atoms with Gasteiger partial charge in [-0.2, -0.15) is 0 Å². The lowest BCUT2D eigenvalue weighted by molar-refractivity contribution is 0.440. The maximum atomic E-state index is 5.26. The first-order valence-electron chi connectivity index (χ1n) is 22.5. The fourth-order valence-corrected chi connectivity index (χ4v) is 9.97. The van der Waals surface area contributed by atoms with Gasteiger partial charge in [0.2, 0.25) is 0 Å². The van der Waals surface area contributed by atoms with E-state index in [9.17, 15) is 0 Å². The lowest BCUT2D eigenvalue weighted by Crippen LogP contribution is -2.35. The van der Waals surface area contributed by atoms with Crippen LogP contribution < -0.4 is 10.6 Å². The molecule has 7 aromatic rings. The van der Waals surface area contributed by atoms with E-state index in [1.54, 1.807) is 0 Å². The Hall–Kier alpha value is -7.40. The van der Waals surface area contributed by atoms with Crippen LogP contribution in [-0.2, 0) is 5.41 Å². The van der Waals surface area contributed by atoms with E-state index in [4.69, 9.17) is 9.98 Å². The molecule has 2 N–H and O–H groups in total. The summed E-state index contributed by atoms with van der Waals surface area (Å²) in [4.78, 5) is 10.5. The highest BCUT2D eigenvalue weighted by molar-refractivity contribution is 6.14. The summed E-state index contributed by atoms with van der Waals surface area (Å²) in [5, 5.41) is 7.75. The van der Waals surface area contributed by atoms with Gasteiger partial charge in [-0.1, -0.05) is 202 Å². The minimum Gasteiger partial charge on any atom is -0.366 e. The second kappa shape index (κ2) is 17.4. The molecule has 3 aliphatic rings. The zero-order valence-corrected chi connectivity index (χ0v) is 36.6. The van der Waals surface area contributed by atoms with Crippen LogP contribution in [0.15, 0.2) is 223 Å². The average Bonchev–Trinajstić information content (AvgIpc) is 3.82. The summed E-state index contributed by atoms with van der Waals surface area (Å²) in [6.45, 7) is 13.5. The summed E-state index contributed by atoms with van der Waals surface area (Å²) in [5.74, 6) is 0.659. The first-order chi connectivity index (χ1) is 31.4. The van der Waals surface area contributed by atoms with E-state index >= 15 is 0 Å². The van der Waals surface area contributed by atoms with Crippen LogP contribution in [0.25, 0.3) is 33.6 Å². The number of hydrogen-bond acceptors (Lipinski definition) is 3. The van der Waals surface area contributed by atoms with E-state index in [1.807, 2.05) is 24.3 Å². The van der Waals surface area contributed by atoms with Crippen molar-refractivity contribution in [3.8, 4) is 22.3 Å². The van der Waals surface area contributed by atoms with Gasteiger partial charge < -0.3 is 5.32 Å². The maximum Gasteiger partial charge on any atom is 0.160 e. The van der Waals surface area contributed by atoms with Gasteiger partial charge in [0, 0.05) is 28.6 Å². The minimum atomic E-state index is -0.502. The molecule has 0 bridgehead atoms. The van der Waals surface area contributed by atoms with Crippen LogP contribution in [-0.4, -0.2) is 11.5 Å². The lowest BCUT2D eigenvalue weighted by Gasteiger charge is -2.31. The van der Waals surface area contributed by atoms with Gasteiger partial charge in [0.25, 0.3) is 0 Å². The molecular weight excluding hydrogens is 777 g/mol. The molecule has 0 radical (unpaired) electrons. The molecule has 10 rings (SSSR count). The smallest absolute Gasteiger partial charge is 0.160 e. The van der Waals surface area contributed by atoms with Crippen molar-refractivity contribution in [1.29, 1.82) is 0 Å². The Morgan fingerprint density at radius 2 is 1.16 bits per heavy atom. The number of benzene rings is 7. The van der Waals surface area contributed by atoms with E-state index in [2.05, 4.69) is 208 Å². The van der Waals surface area contributed by atoms with Crippen molar-refractivity contribution in [1.82, 2.24) is 10.6 Å². The van der Waals surface area contributed by atoms with Crippen molar-refractivity contribution in [2.24, 2.45) is 9.98 Å². The molecule has 64 heavy (non-hydrogen) atoms. The van der Waals surface area contributed by atoms with Crippen molar-refractivity contribution >= 4 is 22.9 Å². The van der Waals surface area contributed by atoms with Crippen LogP contribution >= 0.6 is 0 Å². The molecule has 2 atom stereocenters. The molecule has 1 spiro atoms. The Morgan fingerprint density at radius 3 is 1.80 bits per heavy atom. The van der Waals surface area contributed by atoms with Crippen LogP contribution in [0, 0.1) is 0 Å². The minimum absolute atomic E-state index is 0.0515. The van der Waals surface area contributed by atoms with E-state index in [0.717, 1.165) is 52.9 Å². The first-order valence-corrected chi connectivity index (χ1v) is 22.5. The molecule has 0 fully saturated rings. The number of allylic oxidation sites excluding steroid dienone is 4. The Morgan fingerprint density at radius 1 is 0.578 bits per heavy atom. The van der Waals surface area contributed by atoms with Gasteiger partial charge in [0.1, 0.15) is 6.17 Å². The van der Waals surface area contributed by atoms with Crippen LogP contribution in [0.5, 0.6) is 0 Å². The normalized spacial score (nSPS) is 15.4. The quantitative estimate of drug-likeness (QED) is 0.0732. The second-order valence-electron chi connectivity index (χ2n) is 16.9. The summed E-state index contributed by atoms with van der Waals surface area (Å²) < 4.78 is 0. The summed E-state index contributed by atoms with van der Waals surface area (Å²) in [5.41, 5.74) is 18.5. The fraction of sp³-hybridized carbons (Fsp3) is 0.133. The Balaban J connectivity index is 1.14. The van der Waals surface area contributed by atoms with E-state index < -0.39 is 5.41 Å². The third-order valence-corrected chi connectivity index (χ3v) is 13.1. The number of rotatable bonds is 12. The number of amidine groups is 1. The van der Waals surface area contributed by atoms with Crippen LogP contribution in [0.2, 0.25) is 0 Å². The van der Waals surface area contributed by atoms with Crippen molar-refractivity contribution in [2.45, 2.75) is 50.7 Å². The predicted octanol–water partition coefficient (Wildman–Crippen LogP) is 14.2. The third-order valence-electron chi connectivity index (χ3n) is 13.1. The Labute approximate surface area is 377 Å². The van der Waals surface area contributed by atoms with Gasteiger partial charge in [-0.25, -0.2) is 9.98 Å². The second-order valence-corrected chi connectivity index (χ2v) is 16.9. The topological polar surface area (TPSA) is 48.8 Å². The molecule has 0 aromatic heterocycles. The maximum absolute atomic E-state index is 5.26. The van der Waals surface area contributed by atoms with Gasteiger partial charge in [-0.15, -0.1) is 0 Å². The van der Waals surface area contributed by atoms with Gasteiger partial charge in [0.05, 0.1) is 11.1 Å². The van der Waals surface area contributed by atoms with Crippen molar-refractivity contribution in [3.05, 3.63) is 263 Å². The molecule has 2 unspecified atom stereocenters. The van der Waals surface area contributed by atoms with Gasteiger partial charge >= 0.3 is 0 Å². The first kappa shape index (κ1) is 40.7. The zero-order chi connectivity index (χ0) is 43.6. The molecule has 0 aliphatic heterocycles. The molecule has 4 heteroatoms. The SMILES string of the molecule is C=C(/N=C(\N=C(/CC)C1=CCCC=C1)c1ccccc1)c1ccc2c(c1)-c1cc(C(NC(=C)c3ccccc3)NC(C)c3ccccc3)ccc1C21c2ccccc2-c2ccccc21. The lowest BCUT2D eigenvalue weighted by atomic mass is 9.70. The fourth-order valence-electron chi connectivity index (χ4n) is 9.97. The number of fused-ring (bicyclic) bond motifs is 10. The molecule has 0 saturated carbocycles. The van der Waals surface area contributed by atoms with Crippen LogP contribution in [0.1, 0.15) is 95.4 Å². The highest BCUT2D eigenvalue weighted by Crippen LogP contribution is 2.63. The van der Waals surface area contributed by atoms with Gasteiger partial charge in [-0.05, 0) is 105 Å². The van der Waals surface area contributed by atoms with Crippen LogP contribution in [0.4, 0.5) is 0 Å². The van der Waals surface area contributed by atoms with Crippen molar-refractivity contribution in [3.63, 3.8) is 0 Å². The molecule has 3 aliphatic carbocycles. The largest absolute Gasteiger partial charge is 0.366 e. The Kier molecular flexibility index (Phi) is 11.1. The van der Waals surface area contributed by atoms with Crippen LogP contribution in [0.3, 0.4) is 0 Å². The number of nitrogens with zero attached hydrogens (tertiary/aromatic N) is 2. The standard InChI is InChI=1S/C60H52N4/c1-5-57(45-26-14-8-15-27-45)64-58(46-28-16-9-17-29-46)63-42(4)47-34-36-55-51(38-47)52-39-48(35-37-56(52)60(55)53-32-20-18-30-49(53)50-31-19-21-33-54(50)60)59(61-40(2)43-22-10-6-11-23-43)62-41(3)44-24-12-7-13-25-44/h6-7,9-14,16-39,41,59,61-62H,2,4-5,8,15H2,1,3H3/b63-58-,64-57+. The average molecular weight is 829 g/mol. The van der Waals surface area contributed by atoms with E-state index in [-0.39, 0.29) is 12.2 Å². The summed E-state index contributed by atoms with van der Waals surface area (Å²) in [6, 6.07) is 63.1. The van der Waals surface area contributed by atoms with E-state index in [1.165, 1.54) is 55.6 Å². The Bertz CT molecular complexity index is 2980. The predicted molar refractivity (Wildman–Crippen MR) is 268 cm³/mol. The zero-order valence-electron chi connectivity index (χ0n) is 36.6. The summed E-state index contributed by atoms with van der Waals surface area (Å²) >= 11 is 0. The molecule has 0 amide bonds. The highest BCUT2D eigenvalue weighted by atomic mass is 15.1. The summed E-state index contributed by atoms with van der Waals surface area (Å²) in [7, 11) is 0. The molecular formula is C60H52N4. The molecule has 4 nitrogen and oxygen atoms in total. The van der Waals surface area contributed by atoms with Crippen molar-refractivity contribution < 1.29 is 0 Å². The molecule has 312 valence electrons. The van der Waals surface area contributed by atoms with Crippen molar-refractivity contribution in [2.75, 3.05) is 0 Å². The highest BCUT2D eigenvalue weighted by Gasteiger charge is 2.51. The molecule has 7 aromatic carbocycles. The monoisotopic (exact) mass is 828 g/mol. The van der Waals surface area contributed by atoms with Gasteiger partial charge in [-0.3, -0.25) is 5.32 Å².